The average Bonchev–Trinajstić information content (AvgIpc) is 3.74. The maximum Gasteiger partial charge on any atom is 0.410 e. The van der Waals surface area contributed by atoms with Crippen molar-refractivity contribution >= 4 is 40.1 Å². The fourth-order valence-electron chi connectivity index (χ4n) is 7.33. The molecule has 1 aromatic carbocycles. The van der Waals surface area contributed by atoms with Gasteiger partial charge in [0.25, 0.3) is 0 Å². The Morgan fingerprint density at radius 2 is 1.93 bits per heavy atom. The summed E-state index contributed by atoms with van der Waals surface area (Å²) >= 11 is 8.02. The Kier molecular flexibility index (Phi) is 7.91. The van der Waals surface area contributed by atoms with E-state index in [1.807, 2.05) is 45.6 Å². The average molecular weight is 650 g/mol. The second-order valence-electron chi connectivity index (χ2n) is 14.0. The molecule has 0 bridgehead atoms. The number of piperidine rings is 1. The SMILES string of the molecule is CC(C)(C)OC(=O)N1CCCC(C2C[C@@H](n3cc(-c4nc(Cc5ccccc5)cs4)c4cnc(Cl)nc43)[C@@H]3OC(C)(C)O[C@H]23)C1. The Hall–Kier alpha value is -3.05. The summed E-state index contributed by atoms with van der Waals surface area (Å²) in [6.45, 7) is 11.0. The van der Waals surface area contributed by atoms with Gasteiger partial charge >= 0.3 is 6.09 Å². The van der Waals surface area contributed by atoms with E-state index in [0.29, 0.717) is 13.1 Å². The third kappa shape index (κ3) is 6.22. The minimum Gasteiger partial charge on any atom is -0.444 e. The predicted octanol–water partition coefficient (Wildman–Crippen LogP) is 7.53. The largest absolute Gasteiger partial charge is 0.444 e. The van der Waals surface area contributed by atoms with Gasteiger partial charge in [-0.15, -0.1) is 11.3 Å². The fraction of sp³-hybridized carbons (Fsp3) is 0.529. The van der Waals surface area contributed by atoms with Crippen LogP contribution in [0.25, 0.3) is 21.6 Å². The molecule has 9 nitrogen and oxygen atoms in total. The molecule has 2 aliphatic heterocycles. The molecular weight excluding hydrogens is 610 g/mol. The van der Waals surface area contributed by atoms with Crippen LogP contribution >= 0.6 is 22.9 Å². The van der Waals surface area contributed by atoms with E-state index in [-0.39, 0.29) is 41.5 Å². The summed E-state index contributed by atoms with van der Waals surface area (Å²) in [6, 6.07) is 10.3. The molecular formula is C34H40ClN5O4S. The van der Waals surface area contributed by atoms with Crippen LogP contribution in [0.3, 0.4) is 0 Å². The number of hydrogen-bond donors (Lipinski definition) is 0. The Morgan fingerprint density at radius 1 is 1.16 bits per heavy atom. The molecule has 3 fully saturated rings. The lowest BCUT2D eigenvalue weighted by molar-refractivity contribution is -0.163. The van der Waals surface area contributed by atoms with E-state index in [9.17, 15) is 4.79 Å². The molecule has 5 heterocycles. The minimum atomic E-state index is -0.716. The van der Waals surface area contributed by atoms with E-state index in [1.165, 1.54) is 5.56 Å². The third-order valence-electron chi connectivity index (χ3n) is 9.10. The zero-order valence-electron chi connectivity index (χ0n) is 26.4. The Balaban J connectivity index is 1.21. The lowest BCUT2D eigenvalue weighted by Gasteiger charge is -2.38. The molecule has 5 atom stereocenters. The van der Waals surface area contributed by atoms with Crippen molar-refractivity contribution in [2.24, 2.45) is 11.8 Å². The van der Waals surface area contributed by atoms with Gasteiger partial charge in [-0.2, -0.15) is 4.98 Å². The number of benzene rings is 1. The number of aromatic nitrogens is 4. The van der Waals surface area contributed by atoms with Gasteiger partial charge in [-0.05, 0) is 82.9 Å². The summed E-state index contributed by atoms with van der Waals surface area (Å²) in [7, 11) is 0. The molecule has 3 aromatic heterocycles. The van der Waals surface area contributed by atoms with E-state index in [1.54, 1.807) is 17.5 Å². The zero-order valence-corrected chi connectivity index (χ0v) is 28.0. The molecule has 1 aliphatic carbocycles. The van der Waals surface area contributed by atoms with Crippen LogP contribution in [-0.2, 0) is 20.6 Å². The second kappa shape index (κ2) is 11.6. The number of amides is 1. The second-order valence-corrected chi connectivity index (χ2v) is 15.2. The number of thiazole rings is 1. The van der Waals surface area contributed by atoms with E-state index < -0.39 is 11.4 Å². The van der Waals surface area contributed by atoms with Crippen molar-refractivity contribution in [3.05, 3.63) is 64.6 Å². The van der Waals surface area contributed by atoms with Crippen molar-refractivity contribution in [2.75, 3.05) is 13.1 Å². The van der Waals surface area contributed by atoms with Crippen LogP contribution in [-0.4, -0.2) is 67.2 Å². The summed E-state index contributed by atoms with van der Waals surface area (Å²) in [5.41, 5.74) is 3.47. The van der Waals surface area contributed by atoms with Gasteiger partial charge in [-0.1, -0.05) is 30.3 Å². The van der Waals surface area contributed by atoms with E-state index >= 15 is 0 Å². The van der Waals surface area contributed by atoms with Gasteiger partial charge in [0.2, 0.25) is 5.28 Å². The first-order chi connectivity index (χ1) is 21.4. The zero-order chi connectivity index (χ0) is 31.5. The van der Waals surface area contributed by atoms with Crippen LogP contribution in [0, 0.1) is 11.8 Å². The number of rotatable bonds is 5. The number of carbonyl (C=O) groups is 1. The Morgan fingerprint density at radius 3 is 2.71 bits per heavy atom. The van der Waals surface area contributed by atoms with Crippen molar-refractivity contribution in [2.45, 2.75) is 89.9 Å². The third-order valence-corrected chi connectivity index (χ3v) is 10.2. The highest BCUT2D eigenvalue weighted by molar-refractivity contribution is 7.13. The van der Waals surface area contributed by atoms with Gasteiger partial charge in [0, 0.05) is 48.2 Å². The molecule has 1 amide bonds. The van der Waals surface area contributed by atoms with Crippen LogP contribution in [0.4, 0.5) is 4.79 Å². The predicted molar refractivity (Wildman–Crippen MR) is 174 cm³/mol. The summed E-state index contributed by atoms with van der Waals surface area (Å²) < 4.78 is 21.2. The quantitative estimate of drug-likeness (QED) is 0.206. The molecule has 2 unspecified atom stereocenters. The van der Waals surface area contributed by atoms with Crippen LogP contribution < -0.4 is 0 Å². The number of carbonyl (C=O) groups excluding carboxylic acids is 1. The first-order valence-corrected chi connectivity index (χ1v) is 17.1. The molecule has 0 N–H and O–H groups in total. The molecule has 2 saturated heterocycles. The molecule has 238 valence electrons. The first kappa shape index (κ1) is 30.6. The van der Waals surface area contributed by atoms with Gasteiger partial charge in [0.05, 0.1) is 17.8 Å². The van der Waals surface area contributed by atoms with Crippen molar-refractivity contribution in [1.82, 2.24) is 24.4 Å². The normalized spacial score (nSPS) is 26.4. The summed E-state index contributed by atoms with van der Waals surface area (Å²) in [6.07, 6.45) is 6.98. The van der Waals surface area contributed by atoms with Gasteiger partial charge in [0.15, 0.2) is 5.79 Å². The molecule has 45 heavy (non-hydrogen) atoms. The summed E-state index contributed by atoms with van der Waals surface area (Å²) in [5, 5.41) is 4.16. The van der Waals surface area contributed by atoms with E-state index in [4.69, 9.17) is 35.8 Å². The van der Waals surface area contributed by atoms with Crippen molar-refractivity contribution in [1.29, 1.82) is 0 Å². The fourth-order valence-corrected chi connectivity index (χ4v) is 8.30. The Bertz CT molecular complexity index is 1700. The molecule has 11 heteroatoms. The summed E-state index contributed by atoms with van der Waals surface area (Å²) in [5.74, 6) is -0.255. The maximum absolute atomic E-state index is 13.0. The van der Waals surface area contributed by atoms with Crippen molar-refractivity contribution in [3.63, 3.8) is 0 Å². The molecule has 4 aromatic rings. The Labute approximate surface area is 272 Å². The molecule has 1 saturated carbocycles. The van der Waals surface area contributed by atoms with Gasteiger partial charge in [0.1, 0.15) is 22.4 Å². The number of halogens is 1. The number of hydrogen-bond acceptors (Lipinski definition) is 8. The van der Waals surface area contributed by atoms with E-state index in [2.05, 4.69) is 45.4 Å². The lowest BCUT2D eigenvalue weighted by Crippen LogP contribution is -2.46. The first-order valence-electron chi connectivity index (χ1n) is 15.8. The van der Waals surface area contributed by atoms with Gasteiger partial charge in [-0.25, -0.2) is 14.8 Å². The van der Waals surface area contributed by atoms with Crippen LogP contribution in [0.1, 0.15) is 71.2 Å². The van der Waals surface area contributed by atoms with Gasteiger partial charge in [-0.3, -0.25) is 0 Å². The minimum absolute atomic E-state index is 0.0374. The highest BCUT2D eigenvalue weighted by Crippen LogP contribution is 2.52. The van der Waals surface area contributed by atoms with Crippen molar-refractivity contribution in [3.8, 4) is 10.6 Å². The molecule has 0 spiro atoms. The topological polar surface area (TPSA) is 91.6 Å². The summed E-state index contributed by atoms with van der Waals surface area (Å²) in [4.78, 5) is 29.0. The maximum atomic E-state index is 13.0. The van der Waals surface area contributed by atoms with Crippen LogP contribution in [0.5, 0.6) is 0 Å². The number of nitrogens with zero attached hydrogens (tertiary/aromatic N) is 5. The molecule has 7 rings (SSSR count). The molecule has 3 aliphatic rings. The van der Waals surface area contributed by atoms with E-state index in [0.717, 1.165) is 53.0 Å². The van der Waals surface area contributed by atoms with Gasteiger partial charge < -0.3 is 23.7 Å². The highest BCUT2D eigenvalue weighted by atomic mass is 35.5. The standard InChI is InChI=1S/C34H40ClN5O4S/c1-33(2,3)44-32(41)39-13-9-12-21(17-39)23-15-26(28-27(23)42-34(4,5)43-28)40-18-25(24-16-36-31(35)38-29(24)40)30-37-22(19-45-30)14-20-10-7-6-8-11-20/h6-8,10-11,16,18-19,21,23,26-28H,9,12-15,17H2,1-5H3/t21?,23?,26-,27-,28+/m1/s1. The van der Waals surface area contributed by atoms with Crippen LogP contribution in [0.15, 0.2) is 48.1 Å². The highest BCUT2D eigenvalue weighted by Gasteiger charge is 2.57. The lowest BCUT2D eigenvalue weighted by atomic mass is 9.83. The monoisotopic (exact) mass is 649 g/mol. The van der Waals surface area contributed by atoms with Crippen LogP contribution in [0.2, 0.25) is 5.28 Å². The number of fused-ring (bicyclic) bond motifs is 2. The van der Waals surface area contributed by atoms with Crippen molar-refractivity contribution < 1.29 is 19.0 Å². The molecule has 0 radical (unpaired) electrons. The smallest absolute Gasteiger partial charge is 0.410 e. The number of ether oxygens (including phenoxy) is 3. The number of likely N-dealkylation sites (tertiary alicyclic amines) is 1.